The Labute approximate surface area is 88.7 Å². The number of nitrogens with two attached hydrogens (primary N) is 1. The molecule has 0 radical (unpaired) electrons. The number of rotatable bonds is 6. The number of nitrogens with one attached hydrogen (secondary N) is 1. The summed E-state index contributed by atoms with van der Waals surface area (Å²) in [5, 5.41) is 6.53. The van der Waals surface area contributed by atoms with Gasteiger partial charge in [0, 0.05) is 18.5 Å². The van der Waals surface area contributed by atoms with E-state index in [1.165, 1.54) is 19.3 Å². The van der Waals surface area contributed by atoms with Crippen molar-refractivity contribution < 1.29 is 0 Å². The maximum atomic E-state index is 5.49. The second kappa shape index (κ2) is 4.87. The number of hydrogen-bond acceptors (Lipinski definition) is 4. The van der Waals surface area contributed by atoms with Crippen molar-refractivity contribution in [2.45, 2.75) is 32.4 Å². The lowest BCUT2D eigenvalue weighted by atomic mass is 10.3. The molecule has 0 saturated heterocycles. The van der Waals surface area contributed by atoms with E-state index in [0.717, 1.165) is 29.7 Å². The summed E-state index contributed by atoms with van der Waals surface area (Å²) in [5.74, 6) is 1.01. The molecule has 1 fully saturated rings. The molecule has 0 unspecified atom stereocenters. The molecule has 0 aromatic carbocycles. The average Bonchev–Trinajstić information content (AvgIpc) is 2.91. The van der Waals surface area contributed by atoms with Crippen molar-refractivity contribution in [1.29, 1.82) is 0 Å². The van der Waals surface area contributed by atoms with Crippen LogP contribution in [0.2, 0.25) is 0 Å². The normalized spacial score (nSPS) is 16.1. The fourth-order valence-corrected chi connectivity index (χ4v) is 2.13. The first kappa shape index (κ1) is 10.1. The zero-order chi connectivity index (χ0) is 9.80. The monoisotopic (exact) mass is 211 g/mol. The van der Waals surface area contributed by atoms with Gasteiger partial charge in [0.25, 0.3) is 0 Å². The molecule has 1 saturated carbocycles. The lowest BCUT2D eigenvalue weighted by Crippen LogP contribution is -2.15. The van der Waals surface area contributed by atoms with Crippen LogP contribution in [-0.2, 0) is 13.1 Å². The highest BCUT2D eigenvalue weighted by Crippen LogP contribution is 2.31. The molecular formula is C10H17N3S. The Balaban J connectivity index is 1.63. The minimum atomic E-state index is 0.562. The van der Waals surface area contributed by atoms with Gasteiger partial charge < -0.3 is 11.1 Å². The van der Waals surface area contributed by atoms with E-state index in [9.17, 15) is 0 Å². The van der Waals surface area contributed by atoms with Crippen molar-refractivity contribution in [2.24, 2.45) is 11.7 Å². The van der Waals surface area contributed by atoms with Gasteiger partial charge in [-0.15, -0.1) is 11.3 Å². The van der Waals surface area contributed by atoms with Gasteiger partial charge in [-0.1, -0.05) is 12.8 Å². The lowest BCUT2D eigenvalue weighted by Gasteiger charge is -2.00. The van der Waals surface area contributed by atoms with Gasteiger partial charge in [-0.05, 0) is 18.9 Å². The van der Waals surface area contributed by atoms with Crippen LogP contribution in [0.15, 0.2) is 5.38 Å². The van der Waals surface area contributed by atoms with Gasteiger partial charge >= 0.3 is 0 Å². The van der Waals surface area contributed by atoms with E-state index >= 15 is 0 Å². The van der Waals surface area contributed by atoms with E-state index in [-0.39, 0.29) is 0 Å². The van der Waals surface area contributed by atoms with Crippen LogP contribution in [0.5, 0.6) is 0 Å². The molecule has 78 valence electrons. The van der Waals surface area contributed by atoms with Crippen LogP contribution in [0.4, 0.5) is 0 Å². The van der Waals surface area contributed by atoms with E-state index < -0.39 is 0 Å². The van der Waals surface area contributed by atoms with Gasteiger partial charge in [0.1, 0.15) is 5.01 Å². The van der Waals surface area contributed by atoms with Crippen molar-refractivity contribution in [2.75, 3.05) is 6.54 Å². The van der Waals surface area contributed by atoms with Gasteiger partial charge in [0.15, 0.2) is 0 Å². The Morgan fingerprint density at radius 3 is 3.07 bits per heavy atom. The molecule has 1 heterocycles. The Kier molecular flexibility index (Phi) is 3.50. The van der Waals surface area contributed by atoms with Crippen LogP contribution >= 0.6 is 11.3 Å². The van der Waals surface area contributed by atoms with Gasteiger partial charge in [0.2, 0.25) is 0 Å². The van der Waals surface area contributed by atoms with Crippen LogP contribution in [0, 0.1) is 5.92 Å². The highest BCUT2D eigenvalue weighted by Gasteiger charge is 2.19. The molecule has 3 N–H and O–H groups in total. The van der Waals surface area contributed by atoms with Gasteiger partial charge in [-0.25, -0.2) is 4.98 Å². The second-order valence-corrected chi connectivity index (χ2v) is 4.79. The summed E-state index contributed by atoms with van der Waals surface area (Å²) >= 11 is 1.65. The molecule has 1 aromatic heterocycles. The van der Waals surface area contributed by atoms with E-state index in [1.54, 1.807) is 11.3 Å². The summed E-state index contributed by atoms with van der Waals surface area (Å²) in [5.41, 5.74) is 6.62. The van der Waals surface area contributed by atoms with Gasteiger partial charge in [-0.3, -0.25) is 0 Å². The Morgan fingerprint density at radius 1 is 1.57 bits per heavy atom. The van der Waals surface area contributed by atoms with E-state index in [0.29, 0.717) is 6.54 Å². The molecule has 14 heavy (non-hydrogen) atoms. The van der Waals surface area contributed by atoms with Gasteiger partial charge in [-0.2, -0.15) is 0 Å². The van der Waals surface area contributed by atoms with Crippen LogP contribution in [0.25, 0.3) is 0 Å². The first-order valence-corrected chi connectivity index (χ1v) is 6.10. The third kappa shape index (κ3) is 3.04. The first-order valence-electron chi connectivity index (χ1n) is 5.22. The molecule has 1 aromatic rings. The fourth-order valence-electron chi connectivity index (χ4n) is 1.45. The highest BCUT2D eigenvalue weighted by atomic mass is 32.1. The SMILES string of the molecule is NCc1nc(CNCCC2CC2)cs1. The Hall–Kier alpha value is -0.450. The quantitative estimate of drug-likeness (QED) is 0.701. The second-order valence-electron chi connectivity index (χ2n) is 3.85. The van der Waals surface area contributed by atoms with E-state index in [2.05, 4.69) is 15.7 Å². The number of thiazole rings is 1. The van der Waals surface area contributed by atoms with Gasteiger partial charge in [0.05, 0.1) is 5.69 Å². The van der Waals surface area contributed by atoms with E-state index in [4.69, 9.17) is 5.73 Å². The molecule has 0 aliphatic heterocycles. The first-order chi connectivity index (χ1) is 6.88. The van der Waals surface area contributed by atoms with Crippen molar-refractivity contribution in [3.63, 3.8) is 0 Å². The van der Waals surface area contributed by atoms with Crippen LogP contribution in [0.1, 0.15) is 30.0 Å². The minimum absolute atomic E-state index is 0.562. The highest BCUT2D eigenvalue weighted by molar-refractivity contribution is 7.09. The molecule has 0 amide bonds. The molecule has 1 aliphatic carbocycles. The predicted molar refractivity (Wildman–Crippen MR) is 59.1 cm³/mol. The number of nitrogens with zero attached hydrogens (tertiary/aromatic N) is 1. The molecular weight excluding hydrogens is 194 g/mol. The minimum Gasteiger partial charge on any atom is -0.325 e. The van der Waals surface area contributed by atoms with Crippen molar-refractivity contribution in [3.05, 3.63) is 16.1 Å². The third-order valence-electron chi connectivity index (χ3n) is 2.51. The smallest absolute Gasteiger partial charge is 0.106 e. The Morgan fingerprint density at radius 2 is 2.43 bits per heavy atom. The van der Waals surface area contributed by atoms with E-state index in [1.807, 2.05) is 0 Å². The zero-order valence-corrected chi connectivity index (χ0v) is 9.15. The lowest BCUT2D eigenvalue weighted by molar-refractivity contribution is 0.607. The molecule has 2 rings (SSSR count). The fraction of sp³-hybridized carbons (Fsp3) is 0.700. The van der Waals surface area contributed by atoms with Crippen LogP contribution < -0.4 is 11.1 Å². The standard InChI is InChI=1S/C10H17N3S/c11-5-10-13-9(7-14-10)6-12-4-3-8-1-2-8/h7-8,12H,1-6,11H2. The maximum Gasteiger partial charge on any atom is 0.106 e. The molecule has 4 heteroatoms. The van der Waals surface area contributed by atoms with Crippen molar-refractivity contribution in [1.82, 2.24) is 10.3 Å². The van der Waals surface area contributed by atoms with Crippen molar-refractivity contribution >= 4 is 11.3 Å². The molecule has 1 aliphatic rings. The average molecular weight is 211 g/mol. The molecule has 3 nitrogen and oxygen atoms in total. The molecule has 0 atom stereocenters. The summed E-state index contributed by atoms with van der Waals surface area (Å²) in [6.45, 7) is 2.58. The predicted octanol–water partition coefficient (Wildman–Crippen LogP) is 1.49. The van der Waals surface area contributed by atoms with Crippen LogP contribution in [0.3, 0.4) is 0 Å². The number of hydrogen-bond donors (Lipinski definition) is 2. The summed E-state index contributed by atoms with van der Waals surface area (Å²) in [6.07, 6.45) is 4.21. The summed E-state index contributed by atoms with van der Waals surface area (Å²) in [6, 6.07) is 0. The summed E-state index contributed by atoms with van der Waals surface area (Å²) in [4.78, 5) is 4.39. The summed E-state index contributed by atoms with van der Waals surface area (Å²) in [7, 11) is 0. The maximum absolute atomic E-state index is 5.49. The molecule has 0 bridgehead atoms. The van der Waals surface area contributed by atoms with Crippen molar-refractivity contribution in [3.8, 4) is 0 Å². The number of aromatic nitrogens is 1. The topological polar surface area (TPSA) is 50.9 Å². The molecule has 0 spiro atoms. The third-order valence-corrected chi connectivity index (χ3v) is 3.43. The Bertz CT molecular complexity index is 281. The zero-order valence-electron chi connectivity index (χ0n) is 8.33. The van der Waals surface area contributed by atoms with Crippen LogP contribution in [-0.4, -0.2) is 11.5 Å². The largest absolute Gasteiger partial charge is 0.325 e. The summed E-state index contributed by atoms with van der Waals surface area (Å²) < 4.78 is 0.